The molecule has 1 amide bonds. The molecule has 0 aromatic heterocycles. The molecule has 0 saturated carbocycles. The van der Waals surface area contributed by atoms with E-state index in [0.29, 0.717) is 18.8 Å². The summed E-state index contributed by atoms with van der Waals surface area (Å²) in [6.45, 7) is 0.824. The number of amides is 1. The number of carbonyl (C=O) groups is 2. The molecular formula is C15H25NO3S. The number of nitrogens with zero attached hydrogens (tertiary/aromatic N) is 1. The Hall–Kier alpha value is -0.710. The van der Waals surface area contributed by atoms with Crippen molar-refractivity contribution in [2.75, 3.05) is 18.1 Å². The van der Waals surface area contributed by atoms with Crippen LogP contribution in [0.4, 0.5) is 0 Å². The predicted molar refractivity (Wildman–Crippen MR) is 80.9 cm³/mol. The zero-order chi connectivity index (χ0) is 14.4. The molecule has 0 aliphatic carbocycles. The number of carbonyl (C=O) groups excluding carboxylic acids is 1. The summed E-state index contributed by atoms with van der Waals surface area (Å²) in [6.07, 6.45) is 6.93. The van der Waals surface area contributed by atoms with Crippen LogP contribution in [0, 0.1) is 5.92 Å². The highest BCUT2D eigenvalue weighted by Gasteiger charge is 2.28. The van der Waals surface area contributed by atoms with Gasteiger partial charge >= 0.3 is 5.97 Å². The van der Waals surface area contributed by atoms with Gasteiger partial charge in [0, 0.05) is 25.4 Å². The van der Waals surface area contributed by atoms with E-state index in [9.17, 15) is 9.59 Å². The molecule has 0 bridgehead atoms. The number of likely N-dealkylation sites (tertiary alicyclic amines) is 1. The van der Waals surface area contributed by atoms with Crippen LogP contribution in [-0.4, -0.2) is 46.0 Å². The van der Waals surface area contributed by atoms with Gasteiger partial charge in [-0.3, -0.25) is 9.59 Å². The maximum atomic E-state index is 12.5. The number of carboxylic acid groups (broad SMARTS) is 1. The summed E-state index contributed by atoms with van der Waals surface area (Å²) >= 11 is 1.98. The Labute approximate surface area is 125 Å². The fraction of sp³-hybridized carbons (Fsp3) is 0.867. The van der Waals surface area contributed by atoms with E-state index in [1.807, 2.05) is 16.7 Å². The second-order valence-corrected chi connectivity index (χ2v) is 7.15. The smallest absolute Gasteiger partial charge is 0.303 e. The summed E-state index contributed by atoms with van der Waals surface area (Å²) in [5, 5.41) is 8.82. The quantitative estimate of drug-likeness (QED) is 0.848. The van der Waals surface area contributed by atoms with Gasteiger partial charge in [-0.25, -0.2) is 0 Å². The van der Waals surface area contributed by atoms with Gasteiger partial charge in [-0.05, 0) is 55.9 Å². The molecular weight excluding hydrogens is 274 g/mol. The number of piperidine rings is 1. The number of hydrogen-bond donors (Lipinski definition) is 1. The van der Waals surface area contributed by atoms with Gasteiger partial charge < -0.3 is 10.0 Å². The largest absolute Gasteiger partial charge is 0.481 e. The maximum Gasteiger partial charge on any atom is 0.303 e. The SMILES string of the molecule is O=C(O)CCC1CCCCN1C(=O)CC1CCSCC1. The summed E-state index contributed by atoms with van der Waals surface area (Å²) in [4.78, 5) is 25.2. The fourth-order valence-electron chi connectivity index (χ4n) is 3.23. The van der Waals surface area contributed by atoms with Crippen LogP contribution in [0.2, 0.25) is 0 Å². The van der Waals surface area contributed by atoms with Crippen molar-refractivity contribution in [2.45, 2.75) is 57.4 Å². The van der Waals surface area contributed by atoms with Crippen LogP contribution in [0.25, 0.3) is 0 Å². The minimum Gasteiger partial charge on any atom is -0.481 e. The number of carboxylic acids is 1. The Balaban J connectivity index is 1.85. The lowest BCUT2D eigenvalue weighted by Crippen LogP contribution is -2.44. The molecule has 2 heterocycles. The van der Waals surface area contributed by atoms with Gasteiger partial charge in [-0.15, -0.1) is 0 Å². The van der Waals surface area contributed by atoms with E-state index >= 15 is 0 Å². The van der Waals surface area contributed by atoms with Crippen LogP contribution < -0.4 is 0 Å². The Morgan fingerprint density at radius 2 is 1.90 bits per heavy atom. The Kier molecular flexibility index (Phi) is 6.20. The molecule has 1 N–H and O–H groups in total. The first-order valence-corrected chi connectivity index (χ1v) is 8.91. The third-order valence-corrected chi connectivity index (χ3v) is 5.49. The predicted octanol–water partition coefficient (Wildman–Crippen LogP) is 2.77. The van der Waals surface area contributed by atoms with Crippen molar-refractivity contribution in [3.63, 3.8) is 0 Å². The molecule has 2 rings (SSSR count). The third kappa shape index (κ3) is 4.69. The number of aliphatic carboxylic acids is 1. The van der Waals surface area contributed by atoms with Crippen molar-refractivity contribution in [1.82, 2.24) is 4.90 Å². The van der Waals surface area contributed by atoms with Crippen LogP contribution in [-0.2, 0) is 9.59 Å². The van der Waals surface area contributed by atoms with E-state index < -0.39 is 5.97 Å². The van der Waals surface area contributed by atoms with E-state index in [0.717, 1.165) is 38.6 Å². The molecule has 5 heteroatoms. The fourth-order valence-corrected chi connectivity index (χ4v) is 4.44. The van der Waals surface area contributed by atoms with E-state index in [1.165, 1.54) is 11.5 Å². The van der Waals surface area contributed by atoms with Crippen molar-refractivity contribution in [3.05, 3.63) is 0 Å². The highest BCUT2D eigenvalue weighted by Crippen LogP contribution is 2.28. The molecule has 1 atom stereocenters. The number of thioether (sulfide) groups is 1. The van der Waals surface area contributed by atoms with Crippen LogP contribution in [0.15, 0.2) is 0 Å². The van der Waals surface area contributed by atoms with Crippen LogP contribution in [0.5, 0.6) is 0 Å². The highest BCUT2D eigenvalue weighted by molar-refractivity contribution is 7.99. The standard InChI is InChI=1S/C15H25NO3S/c17-14(11-12-6-9-20-10-7-12)16-8-2-1-3-13(16)4-5-15(18)19/h12-13H,1-11H2,(H,18,19). The van der Waals surface area contributed by atoms with Gasteiger partial charge in [0.05, 0.1) is 0 Å². The summed E-state index contributed by atoms with van der Waals surface area (Å²) in [6, 6.07) is 0.158. The first-order valence-electron chi connectivity index (χ1n) is 7.76. The van der Waals surface area contributed by atoms with Gasteiger partial charge in [-0.1, -0.05) is 0 Å². The normalized spacial score (nSPS) is 24.6. The molecule has 0 aromatic carbocycles. The maximum absolute atomic E-state index is 12.5. The summed E-state index contributed by atoms with van der Waals surface area (Å²) in [7, 11) is 0. The lowest BCUT2D eigenvalue weighted by Gasteiger charge is -2.37. The zero-order valence-electron chi connectivity index (χ0n) is 12.1. The Bertz CT molecular complexity index is 342. The zero-order valence-corrected chi connectivity index (χ0v) is 12.9. The lowest BCUT2D eigenvalue weighted by molar-refractivity contribution is -0.140. The first kappa shape index (κ1) is 15.7. The van der Waals surface area contributed by atoms with Crippen molar-refractivity contribution >= 4 is 23.6 Å². The van der Waals surface area contributed by atoms with Crippen LogP contribution >= 0.6 is 11.8 Å². The Morgan fingerprint density at radius 3 is 2.60 bits per heavy atom. The van der Waals surface area contributed by atoms with Crippen molar-refractivity contribution in [2.24, 2.45) is 5.92 Å². The topological polar surface area (TPSA) is 57.6 Å². The molecule has 0 spiro atoms. The van der Waals surface area contributed by atoms with Gasteiger partial charge in [0.2, 0.25) is 5.91 Å². The van der Waals surface area contributed by atoms with Gasteiger partial charge in [0.25, 0.3) is 0 Å². The second-order valence-electron chi connectivity index (χ2n) is 5.93. The second kappa shape index (κ2) is 7.91. The van der Waals surface area contributed by atoms with E-state index in [4.69, 9.17) is 5.11 Å². The minimum atomic E-state index is -0.757. The average molecular weight is 299 g/mol. The Morgan fingerprint density at radius 1 is 1.15 bits per heavy atom. The summed E-state index contributed by atoms with van der Waals surface area (Å²) in [5.74, 6) is 2.41. The van der Waals surface area contributed by atoms with Crippen molar-refractivity contribution in [1.29, 1.82) is 0 Å². The van der Waals surface area contributed by atoms with E-state index in [2.05, 4.69) is 0 Å². The molecule has 2 fully saturated rings. The third-order valence-electron chi connectivity index (χ3n) is 4.44. The summed E-state index contributed by atoms with van der Waals surface area (Å²) < 4.78 is 0. The lowest BCUT2D eigenvalue weighted by atomic mass is 9.94. The summed E-state index contributed by atoms with van der Waals surface area (Å²) in [5.41, 5.74) is 0. The molecule has 4 nitrogen and oxygen atoms in total. The van der Waals surface area contributed by atoms with Gasteiger partial charge in [-0.2, -0.15) is 11.8 Å². The van der Waals surface area contributed by atoms with E-state index in [-0.39, 0.29) is 18.4 Å². The molecule has 1 unspecified atom stereocenters. The molecule has 2 aliphatic rings. The number of hydrogen-bond acceptors (Lipinski definition) is 3. The molecule has 0 aromatic rings. The minimum absolute atomic E-state index is 0.158. The van der Waals surface area contributed by atoms with Crippen LogP contribution in [0.3, 0.4) is 0 Å². The highest BCUT2D eigenvalue weighted by atomic mass is 32.2. The molecule has 114 valence electrons. The van der Waals surface area contributed by atoms with E-state index in [1.54, 1.807) is 0 Å². The molecule has 2 saturated heterocycles. The molecule has 20 heavy (non-hydrogen) atoms. The van der Waals surface area contributed by atoms with Crippen molar-refractivity contribution < 1.29 is 14.7 Å². The van der Waals surface area contributed by atoms with Gasteiger partial charge in [0.15, 0.2) is 0 Å². The first-order chi connectivity index (χ1) is 9.66. The monoisotopic (exact) mass is 299 g/mol. The molecule has 0 radical (unpaired) electrons. The molecule has 2 aliphatic heterocycles. The van der Waals surface area contributed by atoms with Gasteiger partial charge in [0.1, 0.15) is 0 Å². The average Bonchev–Trinajstić information content (AvgIpc) is 2.46. The number of rotatable bonds is 5. The van der Waals surface area contributed by atoms with Crippen LogP contribution in [0.1, 0.15) is 51.4 Å². The van der Waals surface area contributed by atoms with Crippen molar-refractivity contribution in [3.8, 4) is 0 Å².